The fourth-order valence-electron chi connectivity index (χ4n) is 1.91. The van der Waals surface area contributed by atoms with Crippen molar-refractivity contribution in [1.29, 1.82) is 0 Å². The van der Waals surface area contributed by atoms with E-state index in [0.717, 1.165) is 16.8 Å². The van der Waals surface area contributed by atoms with Gasteiger partial charge in [0.2, 0.25) is 0 Å². The number of halogens is 3. The van der Waals surface area contributed by atoms with Crippen molar-refractivity contribution >= 4 is 23.2 Å². The minimum atomic E-state index is -0.273. The van der Waals surface area contributed by atoms with Crippen molar-refractivity contribution in [3.63, 3.8) is 0 Å². The van der Waals surface area contributed by atoms with Gasteiger partial charge in [-0.2, -0.15) is 5.10 Å². The summed E-state index contributed by atoms with van der Waals surface area (Å²) in [4.78, 5) is 0. The summed E-state index contributed by atoms with van der Waals surface area (Å²) < 4.78 is 14.9. The van der Waals surface area contributed by atoms with Crippen molar-refractivity contribution in [1.82, 2.24) is 9.78 Å². The van der Waals surface area contributed by atoms with Crippen molar-refractivity contribution in [3.05, 3.63) is 70.7 Å². The van der Waals surface area contributed by atoms with Crippen LogP contribution in [0.3, 0.4) is 0 Å². The molecule has 0 spiro atoms. The van der Waals surface area contributed by atoms with Crippen LogP contribution in [0.25, 0.3) is 16.8 Å². The third-order valence-corrected chi connectivity index (χ3v) is 3.65. The topological polar surface area (TPSA) is 17.8 Å². The van der Waals surface area contributed by atoms with Gasteiger partial charge in [0.25, 0.3) is 0 Å². The average molecular weight is 307 g/mol. The van der Waals surface area contributed by atoms with E-state index in [2.05, 4.69) is 5.10 Å². The van der Waals surface area contributed by atoms with Crippen LogP contribution in [-0.4, -0.2) is 9.78 Å². The molecule has 0 fully saturated rings. The lowest BCUT2D eigenvalue weighted by atomic mass is 10.1. The molecule has 100 valence electrons. The standard InChI is InChI=1S/C15H9Cl2FN2/c16-14-5-4-13(7-15(14)17)20-9-11(8-19-20)10-2-1-3-12(18)6-10/h1-9H. The van der Waals surface area contributed by atoms with Crippen LogP contribution in [0.2, 0.25) is 10.0 Å². The molecule has 20 heavy (non-hydrogen) atoms. The van der Waals surface area contributed by atoms with Crippen LogP contribution >= 0.6 is 23.2 Å². The second-order valence-electron chi connectivity index (χ2n) is 4.28. The Morgan fingerprint density at radius 3 is 2.55 bits per heavy atom. The molecule has 0 saturated carbocycles. The molecule has 3 aromatic rings. The maximum Gasteiger partial charge on any atom is 0.123 e. The molecule has 0 aliphatic carbocycles. The zero-order valence-corrected chi connectivity index (χ0v) is 11.7. The average Bonchev–Trinajstić information content (AvgIpc) is 2.92. The second kappa shape index (κ2) is 5.27. The third kappa shape index (κ3) is 2.55. The Balaban J connectivity index is 1.99. The molecule has 0 saturated heterocycles. The second-order valence-corrected chi connectivity index (χ2v) is 5.10. The van der Waals surface area contributed by atoms with Gasteiger partial charge in [-0.1, -0.05) is 35.3 Å². The summed E-state index contributed by atoms with van der Waals surface area (Å²) in [6, 6.07) is 11.6. The van der Waals surface area contributed by atoms with Crippen LogP contribution in [0.15, 0.2) is 54.9 Å². The molecule has 0 aliphatic rings. The number of nitrogens with zero attached hydrogens (tertiary/aromatic N) is 2. The fraction of sp³-hybridized carbons (Fsp3) is 0. The predicted molar refractivity (Wildman–Crippen MR) is 79.0 cm³/mol. The van der Waals surface area contributed by atoms with E-state index in [9.17, 15) is 4.39 Å². The largest absolute Gasteiger partial charge is 0.240 e. The SMILES string of the molecule is Fc1cccc(-c2cnn(-c3ccc(Cl)c(Cl)c3)c2)c1. The van der Waals surface area contributed by atoms with E-state index in [0.29, 0.717) is 10.0 Å². The van der Waals surface area contributed by atoms with E-state index in [4.69, 9.17) is 23.2 Å². The fourth-order valence-corrected chi connectivity index (χ4v) is 2.20. The van der Waals surface area contributed by atoms with E-state index in [1.807, 2.05) is 18.3 Å². The van der Waals surface area contributed by atoms with Gasteiger partial charge >= 0.3 is 0 Å². The van der Waals surface area contributed by atoms with Crippen molar-refractivity contribution in [3.8, 4) is 16.8 Å². The maximum atomic E-state index is 13.2. The lowest BCUT2D eigenvalue weighted by Crippen LogP contribution is -1.93. The summed E-state index contributed by atoms with van der Waals surface area (Å²) in [6.45, 7) is 0. The summed E-state index contributed by atoms with van der Waals surface area (Å²) in [5, 5.41) is 5.21. The van der Waals surface area contributed by atoms with Gasteiger partial charge < -0.3 is 0 Å². The van der Waals surface area contributed by atoms with Crippen LogP contribution in [0.5, 0.6) is 0 Å². The molecule has 0 aliphatic heterocycles. The maximum absolute atomic E-state index is 13.2. The van der Waals surface area contributed by atoms with E-state index in [1.54, 1.807) is 29.1 Å². The number of hydrogen-bond acceptors (Lipinski definition) is 1. The molecule has 0 amide bonds. The molecule has 0 bridgehead atoms. The Morgan fingerprint density at radius 1 is 0.950 bits per heavy atom. The number of benzene rings is 2. The molecule has 0 radical (unpaired) electrons. The number of aromatic nitrogens is 2. The number of hydrogen-bond donors (Lipinski definition) is 0. The normalized spacial score (nSPS) is 10.8. The van der Waals surface area contributed by atoms with Gasteiger partial charge in [-0.05, 0) is 35.9 Å². The lowest BCUT2D eigenvalue weighted by Gasteiger charge is -2.02. The first-order valence-corrected chi connectivity index (χ1v) is 6.65. The molecule has 1 aromatic heterocycles. The van der Waals surface area contributed by atoms with Crippen LogP contribution in [0.1, 0.15) is 0 Å². The molecule has 0 atom stereocenters. The molecular formula is C15H9Cl2FN2. The van der Waals surface area contributed by atoms with E-state index < -0.39 is 0 Å². The molecule has 1 heterocycles. The molecular weight excluding hydrogens is 298 g/mol. The Kier molecular flexibility index (Phi) is 3.47. The Bertz CT molecular complexity index is 768. The highest BCUT2D eigenvalue weighted by atomic mass is 35.5. The zero-order chi connectivity index (χ0) is 14.1. The van der Waals surface area contributed by atoms with Gasteiger partial charge in [-0.3, -0.25) is 0 Å². The highest BCUT2D eigenvalue weighted by molar-refractivity contribution is 6.42. The molecule has 0 unspecified atom stereocenters. The Labute approximate surface area is 125 Å². The van der Waals surface area contributed by atoms with Crippen molar-refractivity contribution in [2.75, 3.05) is 0 Å². The molecule has 5 heteroatoms. The van der Waals surface area contributed by atoms with Gasteiger partial charge in [-0.25, -0.2) is 9.07 Å². The van der Waals surface area contributed by atoms with Crippen LogP contribution in [0.4, 0.5) is 4.39 Å². The summed E-state index contributed by atoms with van der Waals surface area (Å²) >= 11 is 11.9. The quantitative estimate of drug-likeness (QED) is 0.652. The first-order valence-electron chi connectivity index (χ1n) is 5.89. The zero-order valence-electron chi connectivity index (χ0n) is 10.2. The van der Waals surface area contributed by atoms with Gasteiger partial charge in [-0.15, -0.1) is 0 Å². The lowest BCUT2D eigenvalue weighted by molar-refractivity contribution is 0.628. The van der Waals surface area contributed by atoms with Crippen molar-refractivity contribution in [2.24, 2.45) is 0 Å². The van der Waals surface area contributed by atoms with Gasteiger partial charge in [0.15, 0.2) is 0 Å². The van der Waals surface area contributed by atoms with E-state index in [-0.39, 0.29) is 5.82 Å². The Morgan fingerprint density at radius 2 is 1.80 bits per heavy atom. The predicted octanol–water partition coefficient (Wildman–Crippen LogP) is 4.99. The van der Waals surface area contributed by atoms with Crippen molar-refractivity contribution < 1.29 is 4.39 Å². The Hall–Kier alpha value is -1.84. The summed E-state index contributed by atoms with van der Waals surface area (Å²) in [6.07, 6.45) is 3.49. The molecule has 3 rings (SSSR count). The summed E-state index contributed by atoms with van der Waals surface area (Å²) in [5.74, 6) is -0.273. The minimum Gasteiger partial charge on any atom is -0.240 e. The van der Waals surface area contributed by atoms with Crippen LogP contribution in [0, 0.1) is 5.82 Å². The minimum absolute atomic E-state index is 0.273. The van der Waals surface area contributed by atoms with E-state index in [1.165, 1.54) is 12.1 Å². The van der Waals surface area contributed by atoms with Crippen molar-refractivity contribution in [2.45, 2.75) is 0 Å². The molecule has 2 aromatic carbocycles. The molecule has 2 nitrogen and oxygen atoms in total. The summed E-state index contributed by atoms with van der Waals surface area (Å²) in [7, 11) is 0. The highest BCUT2D eigenvalue weighted by Gasteiger charge is 2.06. The van der Waals surface area contributed by atoms with Crippen LogP contribution in [-0.2, 0) is 0 Å². The first kappa shape index (κ1) is 13.2. The highest BCUT2D eigenvalue weighted by Crippen LogP contribution is 2.26. The van der Waals surface area contributed by atoms with Gasteiger partial charge in [0.05, 0.1) is 21.9 Å². The molecule has 0 N–H and O–H groups in total. The number of rotatable bonds is 2. The van der Waals surface area contributed by atoms with Crippen LogP contribution < -0.4 is 0 Å². The van der Waals surface area contributed by atoms with Gasteiger partial charge in [0, 0.05) is 11.8 Å². The third-order valence-electron chi connectivity index (χ3n) is 2.91. The monoisotopic (exact) mass is 306 g/mol. The van der Waals surface area contributed by atoms with E-state index >= 15 is 0 Å². The van der Waals surface area contributed by atoms with Gasteiger partial charge in [0.1, 0.15) is 5.82 Å². The first-order chi connectivity index (χ1) is 9.63. The summed E-state index contributed by atoms with van der Waals surface area (Å²) in [5.41, 5.74) is 2.40. The smallest absolute Gasteiger partial charge is 0.123 e.